The fourth-order valence-electron chi connectivity index (χ4n) is 2.58. The number of nitrogens with two attached hydrogens (primary N) is 1. The number of carbonyl (C=O) groups excluding carboxylic acids is 2. The van der Waals surface area contributed by atoms with E-state index in [1.165, 1.54) is 7.11 Å². The van der Waals surface area contributed by atoms with Crippen LogP contribution in [-0.2, 0) is 4.79 Å². The maximum absolute atomic E-state index is 12.7. The summed E-state index contributed by atoms with van der Waals surface area (Å²) >= 11 is 0. The van der Waals surface area contributed by atoms with E-state index in [4.69, 9.17) is 10.5 Å². The molecular formula is C20H26ClN3O3. The van der Waals surface area contributed by atoms with Gasteiger partial charge in [-0.05, 0) is 43.2 Å². The molecule has 7 heteroatoms. The Hall–Kier alpha value is -2.73. The highest BCUT2D eigenvalue weighted by Gasteiger charge is 2.25. The van der Waals surface area contributed by atoms with Crippen LogP contribution in [0, 0.1) is 12.8 Å². The predicted octanol–water partition coefficient (Wildman–Crippen LogP) is 3.40. The molecule has 2 rings (SSSR count). The Morgan fingerprint density at radius 1 is 1.11 bits per heavy atom. The lowest BCUT2D eigenvalue weighted by molar-refractivity contribution is -0.118. The lowest BCUT2D eigenvalue weighted by Crippen LogP contribution is -2.47. The second-order valence-corrected chi connectivity index (χ2v) is 6.51. The third-order valence-electron chi connectivity index (χ3n) is 4.01. The van der Waals surface area contributed by atoms with Gasteiger partial charge < -0.3 is 21.1 Å². The lowest BCUT2D eigenvalue weighted by atomic mass is 10.0. The number of aryl methyl sites for hydroxylation is 1. The minimum Gasteiger partial charge on any atom is -0.495 e. The van der Waals surface area contributed by atoms with Crippen molar-refractivity contribution in [3.05, 3.63) is 53.6 Å². The van der Waals surface area contributed by atoms with Crippen LogP contribution in [0.5, 0.6) is 5.75 Å². The molecule has 4 N–H and O–H groups in total. The second-order valence-electron chi connectivity index (χ2n) is 6.51. The zero-order chi connectivity index (χ0) is 19.3. The van der Waals surface area contributed by atoms with Gasteiger partial charge in [0.1, 0.15) is 11.8 Å². The highest BCUT2D eigenvalue weighted by Crippen LogP contribution is 2.24. The summed E-state index contributed by atoms with van der Waals surface area (Å²) in [6, 6.07) is 11.6. The minimum atomic E-state index is -0.675. The SMILES string of the molecule is COc1ccc(NC(=O)C(NC(=O)c2cccc(C)c2)C(C)C)cc1N.Cl. The van der Waals surface area contributed by atoms with Crippen LogP contribution < -0.4 is 21.1 Å². The van der Waals surface area contributed by atoms with Crippen molar-refractivity contribution >= 4 is 35.6 Å². The van der Waals surface area contributed by atoms with E-state index in [0.29, 0.717) is 22.7 Å². The Labute approximate surface area is 165 Å². The fourth-order valence-corrected chi connectivity index (χ4v) is 2.58. The predicted molar refractivity (Wildman–Crippen MR) is 111 cm³/mol. The third-order valence-corrected chi connectivity index (χ3v) is 4.01. The standard InChI is InChI=1S/C20H25N3O3.ClH/c1-12(2)18(23-19(24)14-7-5-6-13(3)10-14)20(25)22-15-8-9-17(26-4)16(21)11-15;/h5-12,18H,21H2,1-4H3,(H,22,25)(H,23,24);1H. The maximum Gasteiger partial charge on any atom is 0.251 e. The summed E-state index contributed by atoms with van der Waals surface area (Å²) < 4.78 is 5.11. The second kappa shape index (κ2) is 9.83. The first-order valence-electron chi connectivity index (χ1n) is 8.43. The Morgan fingerprint density at radius 3 is 2.37 bits per heavy atom. The van der Waals surface area contributed by atoms with Gasteiger partial charge in [0.15, 0.2) is 0 Å². The van der Waals surface area contributed by atoms with Gasteiger partial charge in [0.25, 0.3) is 5.91 Å². The van der Waals surface area contributed by atoms with Gasteiger partial charge in [-0.25, -0.2) is 0 Å². The number of ether oxygens (including phenoxy) is 1. The van der Waals surface area contributed by atoms with Crippen molar-refractivity contribution in [2.75, 3.05) is 18.2 Å². The number of amides is 2. The van der Waals surface area contributed by atoms with E-state index < -0.39 is 6.04 Å². The van der Waals surface area contributed by atoms with Gasteiger partial charge >= 0.3 is 0 Å². The van der Waals surface area contributed by atoms with Crippen LogP contribution in [0.15, 0.2) is 42.5 Å². The van der Waals surface area contributed by atoms with Crippen LogP contribution in [0.4, 0.5) is 11.4 Å². The molecule has 27 heavy (non-hydrogen) atoms. The molecule has 2 amide bonds. The number of methoxy groups -OCH3 is 1. The minimum absolute atomic E-state index is 0. The molecule has 0 spiro atoms. The van der Waals surface area contributed by atoms with Crippen LogP contribution in [0.3, 0.4) is 0 Å². The Bertz CT molecular complexity index is 809. The quantitative estimate of drug-likeness (QED) is 0.658. The molecule has 0 heterocycles. The Balaban J connectivity index is 0.00000364. The lowest BCUT2D eigenvalue weighted by Gasteiger charge is -2.22. The normalized spacial score (nSPS) is 11.3. The summed E-state index contributed by atoms with van der Waals surface area (Å²) in [5.74, 6) is -0.127. The van der Waals surface area contributed by atoms with Crippen LogP contribution >= 0.6 is 12.4 Å². The van der Waals surface area contributed by atoms with E-state index >= 15 is 0 Å². The maximum atomic E-state index is 12.7. The zero-order valence-corrected chi connectivity index (χ0v) is 16.7. The summed E-state index contributed by atoms with van der Waals surface area (Å²) in [4.78, 5) is 25.1. The van der Waals surface area contributed by atoms with E-state index in [9.17, 15) is 9.59 Å². The molecule has 0 fully saturated rings. The average molecular weight is 392 g/mol. The number of nitrogen functional groups attached to an aromatic ring is 1. The van der Waals surface area contributed by atoms with Gasteiger partial charge in [-0.2, -0.15) is 0 Å². The van der Waals surface area contributed by atoms with Crippen molar-refractivity contribution in [3.8, 4) is 5.75 Å². The topological polar surface area (TPSA) is 93.5 Å². The molecule has 6 nitrogen and oxygen atoms in total. The molecule has 1 unspecified atom stereocenters. The van der Waals surface area contributed by atoms with Crippen molar-refractivity contribution in [2.24, 2.45) is 5.92 Å². The van der Waals surface area contributed by atoms with Gasteiger partial charge in [0.2, 0.25) is 5.91 Å². The first-order chi connectivity index (χ1) is 12.3. The van der Waals surface area contributed by atoms with Crippen LogP contribution in [-0.4, -0.2) is 25.0 Å². The van der Waals surface area contributed by atoms with Gasteiger partial charge in [-0.3, -0.25) is 9.59 Å². The number of anilines is 2. The number of rotatable bonds is 6. The number of hydrogen-bond donors (Lipinski definition) is 3. The molecule has 2 aromatic carbocycles. The first-order valence-corrected chi connectivity index (χ1v) is 8.43. The molecule has 2 aromatic rings. The number of hydrogen-bond acceptors (Lipinski definition) is 4. The van der Waals surface area contributed by atoms with E-state index in [0.717, 1.165) is 5.56 Å². The summed E-state index contributed by atoms with van der Waals surface area (Å²) in [6.45, 7) is 5.67. The molecule has 0 saturated carbocycles. The van der Waals surface area contributed by atoms with Crippen LogP contribution in [0.2, 0.25) is 0 Å². The molecule has 0 aliphatic carbocycles. The molecule has 146 valence electrons. The molecule has 0 aliphatic heterocycles. The van der Waals surface area contributed by atoms with E-state index in [1.54, 1.807) is 30.3 Å². The molecular weight excluding hydrogens is 366 g/mol. The summed E-state index contributed by atoms with van der Waals surface area (Å²) in [7, 11) is 1.53. The Morgan fingerprint density at radius 2 is 1.81 bits per heavy atom. The van der Waals surface area contributed by atoms with E-state index in [-0.39, 0.29) is 30.1 Å². The van der Waals surface area contributed by atoms with Gasteiger partial charge in [-0.15, -0.1) is 12.4 Å². The smallest absolute Gasteiger partial charge is 0.251 e. The highest BCUT2D eigenvalue weighted by molar-refractivity contribution is 6.01. The third kappa shape index (κ3) is 5.89. The number of nitrogens with one attached hydrogen (secondary N) is 2. The van der Waals surface area contributed by atoms with Crippen molar-refractivity contribution < 1.29 is 14.3 Å². The molecule has 0 aromatic heterocycles. The van der Waals surface area contributed by atoms with Crippen LogP contribution in [0.25, 0.3) is 0 Å². The summed E-state index contributed by atoms with van der Waals surface area (Å²) in [5, 5.41) is 5.60. The zero-order valence-electron chi connectivity index (χ0n) is 15.9. The molecule has 0 aliphatic rings. The van der Waals surface area contributed by atoms with Crippen molar-refractivity contribution in [1.82, 2.24) is 5.32 Å². The first kappa shape index (κ1) is 22.3. The fraction of sp³-hybridized carbons (Fsp3) is 0.300. The van der Waals surface area contributed by atoms with Crippen LogP contribution in [0.1, 0.15) is 29.8 Å². The average Bonchev–Trinajstić information content (AvgIpc) is 2.59. The largest absolute Gasteiger partial charge is 0.495 e. The molecule has 0 bridgehead atoms. The van der Waals surface area contributed by atoms with E-state index in [2.05, 4.69) is 10.6 Å². The summed E-state index contributed by atoms with van der Waals surface area (Å²) in [5.41, 5.74) is 8.35. The van der Waals surface area contributed by atoms with Crippen molar-refractivity contribution in [1.29, 1.82) is 0 Å². The highest BCUT2D eigenvalue weighted by atomic mass is 35.5. The van der Waals surface area contributed by atoms with Gasteiger partial charge in [0.05, 0.1) is 12.8 Å². The van der Waals surface area contributed by atoms with Crippen molar-refractivity contribution in [2.45, 2.75) is 26.8 Å². The Kier molecular flexibility index (Phi) is 8.12. The van der Waals surface area contributed by atoms with Gasteiger partial charge in [-0.1, -0.05) is 31.5 Å². The molecule has 0 saturated heterocycles. The van der Waals surface area contributed by atoms with Gasteiger partial charge in [0, 0.05) is 11.3 Å². The van der Waals surface area contributed by atoms with Crippen molar-refractivity contribution in [3.63, 3.8) is 0 Å². The summed E-state index contributed by atoms with van der Waals surface area (Å²) in [6.07, 6.45) is 0. The van der Waals surface area contributed by atoms with E-state index in [1.807, 2.05) is 32.9 Å². The number of benzene rings is 2. The number of carbonyl (C=O) groups is 2. The number of halogens is 1. The molecule has 0 radical (unpaired) electrons. The molecule has 1 atom stereocenters. The monoisotopic (exact) mass is 391 g/mol.